The Morgan fingerprint density at radius 3 is 2.48 bits per heavy atom. The molecule has 0 bridgehead atoms. The van der Waals surface area contributed by atoms with Gasteiger partial charge in [-0.25, -0.2) is 0 Å². The van der Waals surface area contributed by atoms with Crippen molar-refractivity contribution in [2.24, 2.45) is 0 Å². The number of amides is 1. The zero-order chi connectivity index (χ0) is 21.2. The molecule has 3 aromatic rings. The Kier molecular flexibility index (Phi) is 5.86. The summed E-state index contributed by atoms with van der Waals surface area (Å²) in [6, 6.07) is 11.6. The Bertz CT molecular complexity index is 1060. The van der Waals surface area contributed by atoms with Crippen molar-refractivity contribution >= 4 is 39.6 Å². The first-order chi connectivity index (χ1) is 13.6. The monoisotopic (exact) mass is 439 g/mol. The minimum Gasteiger partial charge on any atom is -0.508 e. The second-order valence-corrected chi connectivity index (χ2v) is 7.15. The van der Waals surface area contributed by atoms with Crippen LogP contribution in [0.1, 0.15) is 15.9 Å². The van der Waals surface area contributed by atoms with Crippen molar-refractivity contribution in [1.29, 1.82) is 0 Å². The number of nitrogens with one attached hydrogen (secondary N) is 1. The van der Waals surface area contributed by atoms with Crippen LogP contribution < -0.4 is 10.1 Å². The van der Waals surface area contributed by atoms with Crippen LogP contribution in [-0.2, 0) is 0 Å². The van der Waals surface area contributed by atoms with E-state index >= 15 is 0 Å². The number of halogens is 4. The standard InChI is InChI=1S/C20H13ClF3NO3S/c1-11(26)17-16(12-5-7-14(21)8-6-12)10-29-19(17)25-18(27)13-3-2-4-15(9-13)28-20(22,23)24/h2-10,26H,1H2,(H,25,27). The number of rotatable bonds is 5. The molecule has 0 aliphatic heterocycles. The molecule has 0 saturated carbocycles. The van der Waals surface area contributed by atoms with Crippen molar-refractivity contribution in [3.05, 3.63) is 76.6 Å². The molecule has 150 valence electrons. The number of aliphatic hydroxyl groups excluding tert-OH is 1. The number of hydrogen-bond acceptors (Lipinski definition) is 4. The van der Waals surface area contributed by atoms with E-state index in [1.54, 1.807) is 29.6 Å². The lowest BCUT2D eigenvalue weighted by atomic mass is 10.0. The zero-order valence-electron chi connectivity index (χ0n) is 14.6. The van der Waals surface area contributed by atoms with Crippen molar-refractivity contribution in [3.8, 4) is 16.9 Å². The lowest BCUT2D eigenvalue weighted by Gasteiger charge is -2.11. The number of carbonyl (C=O) groups is 1. The van der Waals surface area contributed by atoms with Gasteiger partial charge in [-0.05, 0) is 35.9 Å². The van der Waals surface area contributed by atoms with Crippen LogP contribution in [0.2, 0.25) is 5.02 Å². The molecule has 4 nitrogen and oxygen atoms in total. The highest BCUT2D eigenvalue weighted by Gasteiger charge is 2.31. The third kappa shape index (κ3) is 5.10. The number of benzene rings is 2. The molecule has 1 aromatic heterocycles. The van der Waals surface area contributed by atoms with E-state index in [4.69, 9.17) is 11.6 Å². The predicted octanol–water partition coefficient (Wildman–Crippen LogP) is 6.75. The van der Waals surface area contributed by atoms with E-state index in [1.165, 1.54) is 12.1 Å². The number of alkyl halides is 3. The van der Waals surface area contributed by atoms with E-state index in [1.807, 2.05) is 0 Å². The molecule has 0 atom stereocenters. The summed E-state index contributed by atoms with van der Waals surface area (Å²) in [5.74, 6) is -1.43. The molecule has 1 amide bonds. The van der Waals surface area contributed by atoms with Crippen molar-refractivity contribution in [2.45, 2.75) is 6.36 Å². The first-order valence-corrected chi connectivity index (χ1v) is 9.32. The number of anilines is 1. The number of hydrogen-bond donors (Lipinski definition) is 2. The molecular weight excluding hydrogens is 427 g/mol. The fourth-order valence-corrected chi connectivity index (χ4v) is 3.70. The van der Waals surface area contributed by atoms with Crippen LogP contribution in [0, 0.1) is 0 Å². The molecule has 0 spiro atoms. The van der Waals surface area contributed by atoms with E-state index in [2.05, 4.69) is 16.6 Å². The number of aliphatic hydroxyl groups is 1. The van der Waals surface area contributed by atoms with Crippen LogP contribution in [0.3, 0.4) is 0 Å². The van der Waals surface area contributed by atoms with Crippen LogP contribution in [0.4, 0.5) is 18.2 Å². The highest BCUT2D eigenvalue weighted by molar-refractivity contribution is 7.15. The SMILES string of the molecule is C=C(O)c1c(-c2ccc(Cl)cc2)csc1NC(=O)c1cccc(OC(F)(F)F)c1. The van der Waals surface area contributed by atoms with Gasteiger partial charge in [0.2, 0.25) is 0 Å². The van der Waals surface area contributed by atoms with Gasteiger partial charge in [-0.2, -0.15) is 0 Å². The van der Waals surface area contributed by atoms with Crippen LogP contribution in [0.25, 0.3) is 16.9 Å². The minimum absolute atomic E-state index is 0.0392. The second kappa shape index (κ2) is 8.18. The Morgan fingerprint density at radius 2 is 1.86 bits per heavy atom. The molecule has 29 heavy (non-hydrogen) atoms. The number of carbonyl (C=O) groups excluding carboxylic acids is 1. The maximum absolute atomic E-state index is 12.5. The summed E-state index contributed by atoms with van der Waals surface area (Å²) in [7, 11) is 0. The molecule has 0 radical (unpaired) electrons. The molecule has 0 aliphatic carbocycles. The van der Waals surface area contributed by atoms with Crippen LogP contribution in [0.15, 0.2) is 60.5 Å². The maximum atomic E-state index is 12.5. The lowest BCUT2D eigenvalue weighted by Crippen LogP contribution is -2.18. The summed E-state index contributed by atoms with van der Waals surface area (Å²) in [5, 5.41) is 15.2. The molecule has 0 aliphatic rings. The highest BCUT2D eigenvalue weighted by Crippen LogP contribution is 2.39. The van der Waals surface area contributed by atoms with Gasteiger partial charge >= 0.3 is 6.36 Å². The Labute approximate surface area is 172 Å². The molecule has 0 saturated heterocycles. The van der Waals surface area contributed by atoms with Crippen molar-refractivity contribution in [2.75, 3.05) is 5.32 Å². The molecule has 0 unspecified atom stereocenters. The van der Waals surface area contributed by atoms with Gasteiger partial charge in [-0.15, -0.1) is 24.5 Å². The molecule has 9 heteroatoms. The van der Waals surface area contributed by atoms with Gasteiger partial charge in [0.15, 0.2) is 0 Å². The first kappa shape index (κ1) is 20.8. The smallest absolute Gasteiger partial charge is 0.508 e. The van der Waals surface area contributed by atoms with Gasteiger partial charge in [-0.1, -0.05) is 36.4 Å². The average molecular weight is 440 g/mol. The maximum Gasteiger partial charge on any atom is 0.573 e. The first-order valence-electron chi connectivity index (χ1n) is 8.07. The Balaban J connectivity index is 1.89. The van der Waals surface area contributed by atoms with Gasteiger partial charge < -0.3 is 15.2 Å². The third-order valence-corrected chi connectivity index (χ3v) is 4.94. The van der Waals surface area contributed by atoms with E-state index < -0.39 is 18.0 Å². The van der Waals surface area contributed by atoms with Gasteiger partial charge in [0.25, 0.3) is 5.91 Å². The van der Waals surface area contributed by atoms with Gasteiger partial charge in [0, 0.05) is 21.5 Å². The van der Waals surface area contributed by atoms with E-state index in [0.29, 0.717) is 21.2 Å². The summed E-state index contributed by atoms with van der Waals surface area (Å²) >= 11 is 7.04. The van der Waals surface area contributed by atoms with Gasteiger partial charge in [0.05, 0.1) is 5.56 Å². The third-order valence-electron chi connectivity index (χ3n) is 3.79. The van der Waals surface area contributed by atoms with E-state index in [0.717, 1.165) is 29.0 Å². The predicted molar refractivity (Wildman–Crippen MR) is 108 cm³/mol. The summed E-state index contributed by atoms with van der Waals surface area (Å²) < 4.78 is 41.0. The Morgan fingerprint density at radius 1 is 1.17 bits per heavy atom. The highest BCUT2D eigenvalue weighted by atomic mass is 35.5. The Hall–Kier alpha value is -2.97. The lowest BCUT2D eigenvalue weighted by molar-refractivity contribution is -0.274. The van der Waals surface area contributed by atoms with Crippen LogP contribution >= 0.6 is 22.9 Å². The largest absolute Gasteiger partial charge is 0.573 e. The summed E-state index contributed by atoms with van der Waals surface area (Å²) in [6.07, 6.45) is -4.86. The molecule has 0 fully saturated rings. The molecular formula is C20H13ClF3NO3S. The topological polar surface area (TPSA) is 58.6 Å². The van der Waals surface area contributed by atoms with Crippen LogP contribution in [0.5, 0.6) is 5.75 Å². The summed E-state index contributed by atoms with van der Waals surface area (Å²) in [6.45, 7) is 3.54. The summed E-state index contributed by atoms with van der Waals surface area (Å²) in [4.78, 5) is 12.5. The molecule has 2 N–H and O–H groups in total. The molecule has 1 heterocycles. The van der Waals surface area contributed by atoms with Crippen LogP contribution in [-0.4, -0.2) is 17.4 Å². The quantitative estimate of drug-likeness (QED) is 0.432. The van der Waals surface area contributed by atoms with E-state index in [-0.39, 0.29) is 11.3 Å². The van der Waals surface area contributed by atoms with Crippen molar-refractivity contribution in [1.82, 2.24) is 0 Å². The average Bonchev–Trinajstić information content (AvgIpc) is 3.05. The number of thiophene rings is 1. The second-order valence-electron chi connectivity index (χ2n) is 5.84. The zero-order valence-corrected chi connectivity index (χ0v) is 16.2. The fraction of sp³-hybridized carbons (Fsp3) is 0.0500. The van der Waals surface area contributed by atoms with E-state index in [9.17, 15) is 23.1 Å². The van der Waals surface area contributed by atoms with Gasteiger partial charge in [0.1, 0.15) is 16.5 Å². The number of ether oxygens (including phenoxy) is 1. The molecule has 3 rings (SSSR count). The van der Waals surface area contributed by atoms with Crippen molar-refractivity contribution < 1.29 is 27.8 Å². The van der Waals surface area contributed by atoms with Gasteiger partial charge in [-0.3, -0.25) is 4.79 Å². The molecule has 2 aromatic carbocycles. The van der Waals surface area contributed by atoms with Crippen molar-refractivity contribution in [3.63, 3.8) is 0 Å². The normalized spacial score (nSPS) is 11.2. The summed E-state index contributed by atoms with van der Waals surface area (Å²) in [5.41, 5.74) is 1.65. The minimum atomic E-state index is -4.86. The fourth-order valence-electron chi connectivity index (χ4n) is 2.59.